The van der Waals surface area contributed by atoms with Gasteiger partial charge in [-0.1, -0.05) is 13.8 Å². The third-order valence-electron chi connectivity index (χ3n) is 3.06. The van der Waals surface area contributed by atoms with E-state index < -0.39 is 42.1 Å². The van der Waals surface area contributed by atoms with E-state index in [2.05, 4.69) is 10.6 Å². The molecule has 0 aliphatic carbocycles. The van der Waals surface area contributed by atoms with Gasteiger partial charge in [-0.3, -0.25) is 9.59 Å². The summed E-state index contributed by atoms with van der Waals surface area (Å²) in [7, 11) is 0. The first-order valence-corrected chi connectivity index (χ1v) is 6.79. The van der Waals surface area contributed by atoms with Crippen molar-refractivity contribution >= 4 is 18.1 Å². The van der Waals surface area contributed by atoms with Crippen LogP contribution in [-0.4, -0.2) is 58.6 Å². The van der Waals surface area contributed by atoms with Crippen LogP contribution in [0.3, 0.4) is 0 Å². The Morgan fingerprint density at radius 3 is 1.86 bits per heavy atom. The maximum atomic E-state index is 12.0. The molecule has 122 valence electrons. The third kappa shape index (κ3) is 6.19. The van der Waals surface area contributed by atoms with Gasteiger partial charge >= 0.3 is 0 Å². The van der Waals surface area contributed by atoms with Crippen molar-refractivity contribution in [3.8, 4) is 0 Å². The summed E-state index contributed by atoms with van der Waals surface area (Å²) in [6.07, 6.45) is -1.90. The molecule has 0 spiro atoms. The van der Waals surface area contributed by atoms with E-state index in [1.54, 1.807) is 13.8 Å². The van der Waals surface area contributed by atoms with Gasteiger partial charge < -0.3 is 31.4 Å². The molecular weight excluding hydrogens is 278 g/mol. The first-order chi connectivity index (χ1) is 9.61. The molecule has 0 aromatic heterocycles. The molecule has 0 heterocycles. The maximum absolute atomic E-state index is 12.0. The summed E-state index contributed by atoms with van der Waals surface area (Å²) in [6.45, 7) is 6.16. The Morgan fingerprint density at radius 2 is 1.52 bits per heavy atom. The molecule has 21 heavy (non-hydrogen) atoms. The van der Waals surface area contributed by atoms with Crippen LogP contribution in [0.1, 0.15) is 27.7 Å². The second-order valence-electron chi connectivity index (χ2n) is 5.41. The van der Waals surface area contributed by atoms with E-state index in [9.17, 15) is 24.6 Å². The van der Waals surface area contributed by atoms with Crippen molar-refractivity contribution in [3.63, 3.8) is 0 Å². The topological polar surface area (TPSA) is 142 Å². The number of hydrogen-bond donors (Lipinski definition) is 5. The molecule has 0 aromatic rings. The van der Waals surface area contributed by atoms with E-state index >= 15 is 0 Å². The van der Waals surface area contributed by atoms with Crippen LogP contribution in [0.5, 0.6) is 0 Å². The molecule has 0 saturated carbocycles. The molecule has 8 heteroatoms. The third-order valence-corrected chi connectivity index (χ3v) is 3.06. The van der Waals surface area contributed by atoms with Gasteiger partial charge in [-0.15, -0.1) is 0 Å². The lowest BCUT2D eigenvalue weighted by molar-refractivity contribution is -0.134. The Balaban J connectivity index is 4.87. The highest BCUT2D eigenvalue weighted by Crippen LogP contribution is 2.01. The normalized spacial score (nSPS) is 18.3. The van der Waals surface area contributed by atoms with Crippen molar-refractivity contribution in [2.24, 2.45) is 11.7 Å². The van der Waals surface area contributed by atoms with E-state index in [0.29, 0.717) is 6.29 Å². The Morgan fingerprint density at radius 1 is 1.00 bits per heavy atom. The van der Waals surface area contributed by atoms with Gasteiger partial charge in [-0.25, -0.2) is 0 Å². The second kappa shape index (κ2) is 8.71. The summed E-state index contributed by atoms with van der Waals surface area (Å²) >= 11 is 0. The van der Waals surface area contributed by atoms with Crippen LogP contribution >= 0.6 is 0 Å². The van der Waals surface area contributed by atoms with Crippen LogP contribution in [0.2, 0.25) is 0 Å². The van der Waals surface area contributed by atoms with Gasteiger partial charge in [0.1, 0.15) is 18.4 Å². The molecule has 5 atom stereocenters. The van der Waals surface area contributed by atoms with E-state index in [0.717, 1.165) is 0 Å². The Hall–Kier alpha value is -1.51. The molecule has 2 amide bonds. The summed E-state index contributed by atoms with van der Waals surface area (Å²) in [5, 5.41) is 23.5. The molecule has 0 radical (unpaired) electrons. The Bertz CT molecular complexity index is 371. The van der Waals surface area contributed by atoms with Gasteiger partial charge in [-0.05, 0) is 19.8 Å². The smallest absolute Gasteiger partial charge is 0.245 e. The Kier molecular flexibility index (Phi) is 8.08. The number of nitrogens with two attached hydrogens (primary N) is 1. The quantitative estimate of drug-likeness (QED) is 0.325. The number of nitrogens with one attached hydrogen (secondary N) is 2. The molecule has 0 aromatic carbocycles. The highest BCUT2D eigenvalue weighted by molar-refractivity contribution is 5.91. The number of amides is 2. The predicted molar refractivity (Wildman–Crippen MR) is 76.1 cm³/mol. The molecule has 4 unspecified atom stereocenters. The van der Waals surface area contributed by atoms with E-state index in [1.807, 2.05) is 0 Å². The summed E-state index contributed by atoms with van der Waals surface area (Å²) in [5.74, 6) is -1.49. The van der Waals surface area contributed by atoms with Gasteiger partial charge in [0.25, 0.3) is 0 Å². The number of carbonyl (C=O) groups is 3. The van der Waals surface area contributed by atoms with Gasteiger partial charge in [0.2, 0.25) is 11.8 Å². The SMILES string of the molecule is CC(C)C(N)C(=O)NC(C(=O)N[C@H](C=O)C(C)O)C(C)O. The lowest BCUT2D eigenvalue weighted by atomic mass is 10.0. The number of aldehydes is 1. The molecular formula is C13H25N3O5. The summed E-state index contributed by atoms with van der Waals surface area (Å²) < 4.78 is 0. The van der Waals surface area contributed by atoms with E-state index in [4.69, 9.17) is 5.73 Å². The van der Waals surface area contributed by atoms with Crippen LogP contribution in [0.4, 0.5) is 0 Å². The molecule has 0 fully saturated rings. The summed E-state index contributed by atoms with van der Waals surface area (Å²) in [4.78, 5) is 34.6. The minimum Gasteiger partial charge on any atom is -0.391 e. The Labute approximate surface area is 124 Å². The van der Waals surface area contributed by atoms with Crippen LogP contribution in [-0.2, 0) is 14.4 Å². The highest BCUT2D eigenvalue weighted by Gasteiger charge is 2.30. The van der Waals surface area contributed by atoms with Gasteiger partial charge in [0.15, 0.2) is 0 Å². The summed E-state index contributed by atoms with van der Waals surface area (Å²) in [6, 6.07) is -3.20. The zero-order chi connectivity index (χ0) is 16.7. The first-order valence-electron chi connectivity index (χ1n) is 6.79. The standard InChI is InChI=1S/C13H25N3O5/c1-6(2)10(14)12(20)16-11(8(4)19)13(21)15-9(5-17)7(3)18/h5-11,18-19H,14H2,1-4H3,(H,15,21)(H,16,20)/t7?,8?,9-,10?,11?/m1/s1. The minimum atomic E-state index is -1.26. The molecule has 0 aliphatic heterocycles. The van der Waals surface area contributed by atoms with Gasteiger partial charge in [0, 0.05) is 0 Å². The van der Waals surface area contributed by atoms with Crippen molar-refractivity contribution < 1.29 is 24.6 Å². The monoisotopic (exact) mass is 303 g/mol. The molecule has 0 saturated heterocycles. The largest absolute Gasteiger partial charge is 0.391 e. The van der Waals surface area contributed by atoms with Crippen molar-refractivity contribution in [1.82, 2.24) is 10.6 Å². The van der Waals surface area contributed by atoms with Crippen molar-refractivity contribution in [2.75, 3.05) is 0 Å². The summed E-state index contributed by atoms with van der Waals surface area (Å²) in [5.41, 5.74) is 5.66. The fourth-order valence-electron chi connectivity index (χ4n) is 1.48. The first kappa shape index (κ1) is 19.5. The van der Waals surface area contributed by atoms with Crippen LogP contribution in [0.15, 0.2) is 0 Å². The average molecular weight is 303 g/mol. The van der Waals surface area contributed by atoms with Crippen molar-refractivity contribution in [2.45, 2.75) is 58.0 Å². The lowest BCUT2D eigenvalue weighted by Crippen LogP contribution is -2.59. The zero-order valence-electron chi connectivity index (χ0n) is 12.7. The molecule has 8 nitrogen and oxygen atoms in total. The number of carbonyl (C=O) groups excluding carboxylic acids is 3. The lowest BCUT2D eigenvalue weighted by Gasteiger charge is -2.25. The van der Waals surface area contributed by atoms with Crippen molar-refractivity contribution in [3.05, 3.63) is 0 Å². The van der Waals surface area contributed by atoms with E-state index in [1.165, 1.54) is 13.8 Å². The number of rotatable bonds is 8. The molecule has 0 rings (SSSR count). The molecule has 0 bridgehead atoms. The number of aliphatic hydroxyl groups is 2. The average Bonchev–Trinajstić information content (AvgIpc) is 2.39. The fourth-order valence-corrected chi connectivity index (χ4v) is 1.48. The predicted octanol–water partition coefficient (Wildman–Crippen LogP) is -2.10. The maximum Gasteiger partial charge on any atom is 0.245 e. The molecule has 6 N–H and O–H groups in total. The molecule has 0 aliphatic rings. The van der Waals surface area contributed by atoms with Crippen LogP contribution in [0, 0.1) is 5.92 Å². The van der Waals surface area contributed by atoms with Crippen molar-refractivity contribution in [1.29, 1.82) is 0 Å². The minimum absolute atomic E-state index is 0.136. The fraction of sp³-hybridized carbons (Fsp3) is 0.769. The van der Waals surface area contributed by atoms with Crippen LogP contribution < -0.4 is 16.4 Å². The van der Waals surface area contributed by atoms with Gasteiger partial charge in [-0.2, -0.15) is 0 Å². The zero-order valence-corrected chi connectivity index (χ0v) is 12.7. The van der Waals surface area contributed by atoms with E-state index in [-0.39, 0.29) is 5.92 Å². The second-order valence-corrected chi connectivity index (χ2v) is 5.41. The highest BCUT2D eigenvalue weighted by atomic mass is 16.3. The number of aliphatic hydroxyl groups excluding tert-OH is 2. The van der Waals surface area contributed by atoms with Gasteiger partial charge in [0.05, 0.1) is 18.2 Å². The van der Waals surface area contributed by atoms with Crippen LogP contribution in [0.25, 0.3) is 0 Å². The number of hydrogen-bond acceptors (Lipinski definition) is 6.